The van der Waals surface area contributed by atoms with Gasteiger partial charge in [-0.3, -0.25) is 14.9 Å². The fourth-order valence-electron chi connectivity index (χ4n) is 3.12. The molecule has 1 aliphatic heterocycles. The van der Waals surface area contributed by atoms with Gasteiger partial charge in [0.05, 0.1) is 4.92 Å². The number of amides is 2. The number of hydrogen-bond acceptors (Lipinski definition) is 5. The van der Waals surface area contributed by atoms with Gasteiger partial charge in [0.15, 0.2) is 0 Å². The van der Waals surface area contributed by atoms with Crippen molar-refractivity contribution in [3.63, 3.8) is 0 Å². The smallest absolute Gasteiger partial charge is 0.410 e. The molecule has 8 nitrogen and oxygen atoms in total. The normalized spacial score (nSPS) is 15.4. The standard InChI is InChI=1S/C21H29N3O5/c1-21(2,3)29-20(26)22(4)15-17-11-13-23(14-12-17)19(25)10-7-16-5-8-18(9-6-16)24(27)28/h5-10,17H,11-15H2,1-4H3. The lowest BCUT2D eigenvalue weighted by Crippen LogP contribution is -2.42. The van der Waals surface area contributed by atoms with Crippen molar-refractivity contribution in [3.05, 3.63) is 46.0 Å². The highest BCUT2D eigenvalue weighted by Crippen LogP contribution is 2.20. The molecule has 29 heavy (non-hydrogen) atoms. The summed E-state index contributed by atoms with van der Waals surface area (Å²) in [7, 11) is 1.73. The number of benzene rings is 1. The van der Waals surface area contributed by atoms with Crippen molar-refractivity contribution in [3.8, 4) is 0 Å². The van der Waals surface area contributed by atoms with Crippen molar-refractivity contribution in [1.82, 2.24) is 9.80 Å². The van der Waals surface area contributed by atoms with Gasteiger partial charge in [0, 0.05) is 44.9 Å². The number of hydrogen-bond donors (Lipinski definition) is 0. The van der Waals surface area contributed by atoms with E-state index in [0.29, 0.717) is 25.6 Å². The van der Waals surface area contributed by atoms with E-state index in [1.54, 1.807) is 35.1 Å². The van der Waals surface area contributed by atoms with Crippen LogP contribution in [0.3, 0.4) is 0 Å². The molecule has 0 atom stereocenters. The zero-order chi connectivity index (χ0) is 21.6. The molecule has 0 aliphatic carbocycles. The second kappa shape index (κ2) is 9.54. The van der Waals surface area contributed by atoms with Crippen molar-refractivity contribution >= 4 is 23.8 Å². The number of nitro benzene ring substituents is 1. The van der Waals surface area contributed by atoms with Gasteiger partial charge in [-0.25, -0.2) is 4.79 Å². The molecule has 1 aromatic carbocycles. The number of ether oxygens (including phenoxy) is 1. The molecule has 0 unspecified atom stereocenters. The number of carbonyl (C=O) groups excluding carboxylic acids is 2. The van der Waals surface area contributed by atoms with Gasteiger partial charge in [-0.2, -0.15) is 0 Å². The fraction of sp³-hybridized carbons (Fsp3) is 0.524. The molecule has 158 valence electrons. The minimum atomic E-state index is -0.517. The van der Waals surface area contributed by atoms with Crippen LogP contribution in [0.15, 0.2) is 30.3 Å². The number of nitrogens with zero attached hydrogens (tertiary/aromatic N) is 3. The van der Waals surface area contributed by atoms with Crippen LogP contribution in [0.5, 0.6) is 0 Å². The number of nitro groups is 1. The van der Waals surface area contributed by atoms with Gasteiger partial charge < -0.3 is 14.5 Å². The zero-order valence-electron chi connectivity index (χ0n) is 17.5. The summed E-state index contributed by atoms with van der Waals surface area (Å²) in [6, 6.07) is 6.05. The van der Waals surface area contributed by atoms with Gasteiger partial charge in [-0.05, 0) is 63.3 Å². The fourth-order valence-corrected chi connectivity index (χ4v) is 3.12. The van der Waals surface area contributed by atoms with E-state index >= 15 is 0 Å². The highest BCUT2D eigenvalue weighted by molar-refractivity contribution is 5.91. The van der Waals surface area contributed by atoms with Crippen LogP contribution in [-0.4, -0.2) is 59.0 Å². The largest absolute Gasteiger partial charge is 0.444 e. The molecule has 2 amide bonds. The average Bonchev–Trinajstić information content (AvgIpc) is 2.65. The first-order chi connectivity index (χ1) is 13.5. The third-order valence-corrected chi connectivity index (χ3v) is 4.69. The molecule has 1 aliphatic rings. The molecule has 0 radical (unpaired) electrons. The Hall–Kier alpha value is -2.90. The summed E-state index contributed by atoms with van der Waals surface area (Å²) in [4.78, 5) is 38.1. The molecule has 0 aromatic heterocycles. The highest BCUT2D eigenvalue weighted by Gasteiger charge is 2.26. The van der Waals surface area contributed by atoms with Crippen LogP contribution in [0.2, 0.25) is 0 Å². The third kappa shape index (κ3) is 7.21. The summed E-state index contributed by atoms with van der Waals surface area (Å²) >= 11 is 0. The number of non-ortho nitro benzene ring substituents is 1. The Bertz CT molecular complexity index is 760. The summed E-state index contributed by atoms with van der Waals surface area (Å²) in [6.45, 7) is 7.40. The Morgan fingerprint density at radius 1 is 1.24 bits per heavy atom. The van der Waals surface area contributed by atoms with Crippen LogP contribution in [0.25, 0.3) is 6.08 Å². The Labute approximate surface area is 171 Å². The lowest BCUT2D eigenvalue weighted by Gasteiger charge is -2.34. The Morgan fingerprint density at radius 3 is 2.34 bits per heavy atom. The van der Waals surface area contributed by atoms with Crippen molar-refractivity contribution in [1.29, 1.82) is 0 Å². The quantitative estimate of drug-likeness (QED) is 0.424. The van der Waals surface area contributed by atoms with Crippen molar-refractivity contribution in [2.24, 2.45) is 5.92 Å². The third-order valence-electron chi connectivity index (χ3n) is 4.69. The minimum Gasteiger partial charge on any atom is -0.444 e. The van der Waals surface area contributed by atoms with Crippen molar-refractivity contribution in [2.75, 3.05) is 26.7 Å². The maximum absolute atomic E-state index is 12.4. The molecule has 1 heterocycles. The number of piperidine rings is 1. The molecule has 0 N–H and O–H groups in total. The molecule has 0 bridgehead atoms. The Morgan fingerprint density at radius 2 is 1.83 bits per heavy atom. The minimum absolute atomic E-state index is 0.0203. The zero-order valence-corrected chi connectivity index (χ0v) is 17.5. The lowest BCUT2D eigenvalue weighted by atomic mass is 9.96. The number of rotatable bonds is 5. The molecular formula is C21H29N3O5. The summed E-state index contributed by atoms with van der Waals surface area (Å²) in [5.41, 5.74) is 0.238. The SMILES string of the molecule is CN(CC1CCN(C(=O)C=Cc2ccc([N+](=O)[O-])cc2)CC1)C(=O)OC(C)(C)C. The second-order valence-electron chi connectivity index (χ2n) is 8.31. The summed E-state index contributed by atoms with van der Waals surface area (Å²) < 4.78 is 5.37. The van der Waals surface area contributed by atoms with Crippen LogP contribution in [0, 0.1) is 16.0 Å². The maximum Gasteiger partial charge on any atom is 0.410 e. The van der Waals surface area contributed by atoms with E-state index in [4.69, 9.17) is 4.74 Å². The molecule has 1 aromatic rings. The van der Waals surface area contributed by atoms with E-state index in [0.717, 1.165) is 18.4 Å². The van der Waals surface area contributed by atoms with Gasteiger partial charge in [-0.15, -0.1) is 0 Å². The molecule has 0 spiro atoms. The van der Waals surface area contributed by atoms with Crippen LogP contribution in [0.1, 0.15) is 39.2 Å². The lowest BCUT2D eigenvalue weighted by molar-refractivity contribution is -0.384. The molecule has 1 fully saturated rings. The van der Waals surface area contributed by atoms with E-state index < -0.39 is 10.5 Å². The number of likely N-dealkylation sites (tertiary alicyclic amines) is 1. The van der Waals surface area contributed by atoms with Crippen molar-refractivity contribution in [2.45, 2.75) is 39.2 Å². The Balaban J connectivity index is 1.80. The average molecular weight is 403 g/mol. The topological polar surface area (TPSA) is 93.0 Å². The van der Waals surface area contributed by atoms with E-state index in [9.17, 15) is 19.7 Å². The molecule has 0 saturated carbocycles. The van der Waals surface area contributed by atoms with Crippen molar-refractivity contribution < 1.29 is 19.2 Å². The first-order valence-corrected chi connectivity index (χ1v) is 9.71. The van der Waals surface area contributed by atoms with E-state index in [2.05, 4.69) is 0 Å². The summed E-state index contributed by atoms with van der Waals surface area (Å²) in [6.07, 6.45) is 4.47. The first-order valence-electron chi connectivity index (χ1n) is 9.71. The predicted molar refractivity (Wildman–Crippen MR) is 110 cm³/mol. The van der Waals surface area contributed by atoms with E-state index in [1.165, 1.54) is 18.2 Å². The van der Waals surface area contributed by atoms with Crippen LogP contribution < -0.4 is 0 Å². The summed E-state index contributed by atoms with van der Waals surface area (Å²) in [5.74, 6) is 0.248. The van der Waals surface area contributed by atoms with Gasteiger partial charge >= 0.3 is 6.09 Å². The van der Waals surface area contributed by atoms with Gasteiger partial charge in [0.25, 0.3) is 5.69 Å². The van der Waals surface area contributed by atoms with Crippen LogP contribution >= 0.6 is 0 Å². The molecule has 1 saturated heterocycles. The Kier molecular flexibility index (Phi) is 7.36. The molecule has 2 rings (SSSR count). The van der Waals surface area contributed by atoms with Gasteiger partial charge in [0.2, 0.25) is 5.91 Å². The van der Waals surface area contributed by atoms with Crippen LogP contribution in [0.4, 0.5) is 10.5 Å². The summed E-state index contributed by atoms with van der Waals surface area (Å²) in [5, 5.41) is 10.7. The first kappa shape index (κ1) is 22.4. The van der Waals surface area contributed by atoms with Gasteiger partial charge in [0.1, 0.15) is 5.60 Å². The maximum atomic E-state index is 12.4. The second-order valence-corrected chi connectivity index (χ2v) is 8.31. The molecule has 8 heteroatoms. The predicted octanol–water partition coefficient (Wildman–Crippen LogP) is 3.71. The van der Waals surface area contributed by atoms with Crippen LogP contribution in [-0.2, 0) is 9.53 Å². The van der Waals surface area contributed by atoms with E-state index in [1.807, 2.05) is 20.8 Å². The number of carbonyl (C=O) groups is 2. The van der Waals surface area contributed by atoms with Gasteiger partial charge in [-0.1, -0.05) is 0 Å². The molecular weight excluding hydrogens is 374 g/mol. The van der Waals surface area contributed by atoms with E-state index in [-0.39, 0.29) is 17.7 Å². The monoisotopic (exact) mass is 403 g/mol. The highest BCUT2D eigenvalue weighted by atomic mass is 16.6.